The van der Waals surface area contributed by atoms with Crippen LogP contribution in [0, 0.1) is 12.8 Å². The van der Waals surface area contributed by atoms with Gasteiger partial charge in [0.25, 0.3) is 5.89 Å². The highest BCUT2D eigenvalue weighted by molar-refractivity contribution is 5.79. The number of pyridine rings is 1. The van der Waals surface area contributed by atoms with E-state index in [2.05, 4.69) is 20.1 Å². The number of nitrogens with zero attached hydrogens (tertiary/aromatic N) is 5. The van der Waals surface area contributed by atoms with Gasteiger partial charge in [0.15, 0.2) is 0 Å². The van der Waals surface area contributed by atoms with Crippen LogP contribution in [0.2, 0.25) is 0 Å². The van der Waals surface area contributed by atoms with Gasteiger partial charge in [0, 0.05) is 45.2 Å². The maximum absolute atomic E-state index is 12.3. The average Bonchev–Trinajstić information content (AvgIpc) is 3.07. The summed E-state index contributed by atoms with van der Waals surface area (Å²) in [6, 6.07) is 3.80. The van der Waals surface area contributed by atoms with Crippen molar-refractivity contribution in [1.82, 2.24) is 20.1 Å². The van der Waals surface area contributed by atoms with E-state index >= 15 is 0 Å². The Morgan fingerprint density at radius 3 is 2.67 bits per heavy atom. The van der Waals surface area contributed by atoms with E-state index in [1.165, 1.54) is 0 Å². The third kappa shape index (κ3) is 3.25. The Balaban J connectivity index is 1.75. The minimum absolute atomic E-state index is 0.0864. The second-order valence-electron chi connectivity index (χ2n) is 6.12. The van der Waals surface area contributed by atoms with E-state index in [1.807, 2.05) is 30.9 Å². The van der Waals surface area contributed by atoms with Gasteiger partial charge < -0.3 is 14.2 Å². The molecule has 1 fully saturated rings. The largest absolute Gasteiger partial charge is 0.421 e. The lowest BCUT2D eigenvalue weighted by molar-refractivity contribution is -0.135. The second-order valence-corrected chi connectivity index (χ2v) is 6.12. The second kappa shape index (κ2) is 6.98. The molecule has 7 nitrogen and oxygen atoms in total. The Labute approximate surface area is 141 Å². The summed E-state index contributed by atoms with van der Waals surface area (Å²) >= 11 is 0. The van der Waals surface area contributed by atoms with E-state index in [4.69, 9.17) is 4.42 Å². The number of hydrogen-bond acceptors (Lipinski definition) is 6. The van der Waals surface area contributed by atoms with Crippen molar-refractivity contribution < 1.29 is 9.21 Å². The highest BCUT2D eigenvalue weighted by Gasteiger charge is 2.26. The number of piperazine rings is 1. The van der Waals surface area contributed by atoms with Crippen LogP contribution in [0.5, 0.6) is 0 Å². The number of carbonyl (C=O) groups is 1. The zero-order valence-electron chi connectivity index (χ0n) is 14.4. The first kappa shape index (κ1) is 16.4. The molecule has 24 heavy (non-hydrogen) atoms. The fraction of sp³-hybridized carbons (Fsp3) is 0.529. The van der Waals surface area contributed by atoms with Gasteiger partial charge in [-0.15, -0.1) is 10.2 Å². The van der Waals surface area contributed by atoms with Crippen molar-refractivity contribution in [2.24, 2.45) is 5.92 Å². The highest BCUT2D eigenvalue weighted by Crippen LogP contribution is 2.28. The Morgan fingerprint density at radius 1 is 1.29 bits per heavy atom. The average molecular weight is 329 g/mol. The lowest BCUT2D eigenvalue weighted by Crippen LogP contribution is -2.50. The summed E-state index contributed by atoms with van der Waals surface area (Å²) in [7, 11) is 0. The van der Waals surface area contributed by atoms with E-state index in [9.17, 15) is 4.79 Å². The van der Waals surface area contributed by atoms with Crippen molar-refractivity contribution in [3.05, 3.63) is 24.2 Å². The minimum Gasteiger partial charge on any atom is -0.421 e. The lowest BCUT2D eigenvalue weighted by Gasteiger charge is -2.37. The smallest absolute Gasteiger partial charge is 0.251 e. The number of aromatic nitrogens is 3. The van der Waals surface area contributed by atoms with Crippen LogP contribution in [-0.4, -0.2) is 52.2 Å². The first-order valence-corrected chi connectivity index (χ1v) is 8.39. The summed E-state index contributed by atoms with van der Waals surface area (Å²) in [6.45, 7) is 8.73. The molecule has 2 aromatic rings. The molecule has 0 aliphatic carbocycles. The Bertz CT molecular complexity index is 707. The summed E-state index contributed by atoms with van der Waals surface area (Å²) < 4.78 is 5.55. The predicted octanol–water partition coefficient (Wildman–Crippen LogP) is 2.13. The molecule has 1 aliphatic heterocycles. The first-order chi connectivity index (χ1) is 11.6. The molecule has 0 spiro atoms. The summed E-state index contributed by atoms with van der Waals surface area (Å²) in [4.78, 5) is 21.0. The standard InChI is InChI=1S/C17H23N5O2/c1-4-12(2)17(23)22-10-8-21(9-11-22)15-14(6-5-7-18-15)16-20-19-13(3)24-16/h5-7,12H,4,8-11H2,1-3H3. The Kier molecular flexibility index (Phi) is 4.78. The third-order valence-corrected chi connectivity index (χ3v) is 4.47. The molecule has 0 saturated carbocycles. The molecular weight excluding hydrogens is 306 g/mol. The number of aryl methyl sites for hydroxylation is 1. The van der Waals surface area contributed by atoms with Gasteiger partial charge in [-0.2, -0.15) is 0 Å². The van der Waals surface area contributed by atoms with Crippen LogP contribution in [0.25, 0.3) is 11.5 Å². The van der Waals surface area contributed by atoms with E-state index in [0.29, 0.717) is 24.9 Å². The van der Waals surface area contributed by atoms with Gasteiger partial charge in [0.05, 0.1) is 5.56 Å². The molecule has 128 valence electrons. The predicted molar refractivity (Wildman–Crippen MR) is 90.5 cm³/mol. The van der Waals surface area contributed by atoms with Crippen LogP contribution in [0.4, 0.5) is 5.82 Å². The molecule has 1 amide bonds. The van der Waals surface area contributed by atoms with Crippen molar-refractivity contribution in [2.75, 3.05) is 31.1 Å². The zero-order chi connectivity index (χ0) is 17.1. The molecule has 1 unspecified atom stereocenters. The number of amides is 1. The molecule has 3 heterocycles. The molecule has 3 rings (SSSR count). The normalized spacial score (nSPS) is 16.3. The first-order valence-electron chi connectivity index (χ1n) is 8.39. The summed E-state index contributed by atoms with van der Waals surface area (Å²) in [5.41, 5.74) is 0.833. The molecule has 1 saturated heterocycles. The number of carbonyl (C=O) groups excluding carboxylic acids is 1. The molecule has 1 atom stereocenters. The molecular formula is C17H23N5O2. The van der Waals surface area contributed by atoms with Crippen molar-refractivity contribution >= 4 is 11.7 Å². The van der Waals surface area contributed by atoms with Crippen LogP contribution in [0.3, 0.4) is 0 Å². The van der Waals surface area contributed by atoms with Crippen molar-refractivity contribution in [3.63, 3.8) is 0 Å². The fourth-order valence-corrected chi connectivity index (χ4v) is 2.85. The minimum atomic E-state index is 0.0864. The van der Waals surface area contributed by atoms with Gasteiger partial charge in [0.1, 0.15) is 5.82 Å². The monoisotopic (exact) mass is 329 g/mol. The van der Waals surface area contributed by atoms with Crippen LogP contribution in [-0.2, 0) is 4.79 Å². The molecule has 0 radical (unpaired) electrons. The van der Waals surface area contributed by atoms with Crippen LogP contribution < -0.4 is 4.90 Å². The maximum atomic E-state index is 12.3. The Morgan fingerprint density at radius 2 is 2.04 bits per heavy atom. The van der Waals surface area contributed by atoms with Crippen molar-refractivity contribution in [2.45, 2.75) is 27.2 Å². The van der Waals surface area contributed by atoms with Crippen molar-refractivity contribution in [3.8, 4) is 11.5 Å². The molecule has 2 aromatic heterocycles. The van der Waals surface area contributed by atoms with E-state index in [0.717, 1.165) is 30.9 Å². The molecule has 0 bridgehead atoms. The van der Waals surface area contributed by atoms with E-state index in [1.54, 1.807) is 13.1 Å². The van der Waals surface area contributed by atoms with Crippen LogP contribution in [0.15, 0.2) is 22.7 Å². The van der Waals surface area contributed by atoms with Crippen LogP contribution in [0.1, 0.15) is 26.2 Å². The summed E-state index contributed by atoms with van der Waals surface area (Å²) in [5.74, 6) is 2.17. The van der Waals surface area contributed by atoms with Gasteiger partial charge in [-0.05, 0) is 18.6 Å². The van der Waals surface area contributed by atoms with Gasteiger partial charge in [-0.25, -0.2) is 4.98 Å². The van der Waals surface area contributed by atoms with Crippen molar-refractivity contribution in [1.29, 1.82) is 0 Å². The van der Waals surface area contributed by atoms with Gasteiger partial charge in [-0.1, -0.05) is 13.8 Å². The third-order valence-electron chi connectivity index (χ3n) is 4.47. The summed E-state index contributed by atoms with van der Waals surface area (Å²) in [6.07, 6.45) is 2.64. The number of anilines is 1. The molecule has 7 heteroatoms. The Hall–Kier alpha value is -2.44. The van der Waals surface area contributed by atoms with Crippen LogP contribution >= 0.6 is 0 Å². The lowest BCUT2D eigenvalue weighted by atomic mass is 10.1. The van der Waals surface area contributed by atoms with Gasteiger partial charge in [-0.3, -0.25) is 4.79 Å². The molecule has 0 aromatic carbocycles. The summed E-state index contributed by atoms with van der Waals surface area (Å²) in [5, 5.41) is 8.00. The molecule has 1 aliphatic rings. The number of hydrogen-bond donors (Lipinski definition) is 0. The SMILES string of the molecule is CCC(C)C(=O)N1CCN(c2ncccc2-c2nnc(C)o2)CC1. The quantitative estimate of drug-likeness (QED) is 0.855. The number of rotatable bonds is 4. The fourth-order valence-electron chi connectivity index (χ4n) is 2.85. The van der Waals surface area contributed by atoms with Gasteiger partial charge in [0.2, 0.25) is 11.8 Å². The topological polar surface area (TPSA) is 75.4 Å². The highest BCUT2D eigenvalue weighted by atomic mass is 16.4. The van der Waals surface area contributed by atoms with E-state index < -0.39 is 0 Å². The zero-order valence-corrected chi connectivity index (χ0v) is 14.4. The van der Waals surface area contributed by atoms with Gasteiger partial charge >= 0.3 is 0 Å². The van der Waals surface area contributed by atoms with E-state index in [-0.39, 0.29) is 11.8 Å². The molecule has 0 N–H and O–H groups in total. The maximum Gasteiger partial charge on any atom is 0.251 e.